The van der Waals surface area contributed by atoms with Gasteiger partial charge in [0.05, 0.1) is 12.2 Å². The maximum atomic E-state index is 13.8. The van der Waals surface area contributed by atoms with Gasteiger partial charge in [-0.05, 0) is 36.6 Å². The average Bonchev–Trinajstić information content (AvgIpc) is 2.57. The van der Waals surface area contributed by atoms with Gasteiger partial charge in [0.1, 0.15) is 5.75 Å². The molecule has 0 spiro atoms. The van der Waals surface area contributed by atoms with E-state index in [1.54, 1.807) is 37.3 Å². The average molecular weight is 310 g/mol. The summed E-state index contributed by atoms with van der Waals surface area (Å²) in [5.74, 6) is -0.201. The fourth-order valence-corrected chi connectivity index (χ4v) is 2.39. The van der Waals surface area contributed by atoms with Gasteiger partial charge in [-0.25, -0.2) is 9.18 Å². The summed E-state index contributed by atoms with van der Waals surface area (Å²) in [7, 11) is 0. The minimum atomic E-state index is -0.439. The van der Waals surface area contributed by atoms with Crippen molar-refractivity contribution < 1.29 is 18.7 Å². The quantitative estimate of drug-likeness (QED) is 0.640. The highest BCUT2D eigenvalue weighted by atomic mass is 19.1. The van der Waals surface area contributed by atoms with E-state index in [-0.39, 0.29) is 11.7 Å². The van der Waals surface area contributed by atoms with Gasteiger partial charge in [-0.15, -0.1) is 0 Å². The molecule has 0 radical (unpaired) electrons. The number of hydrogen-bond acceptors (Lipinski definition) is 3. The molecule has 3 nitrogen and oxygen atoms in total. The van der Waals surface area contributed by atoms with Crippen molar-refractivity contribution in [1.29, 1.82) is 0 Å². The zero-order valence-electron chi connectivity index (χ0n) is 12.6. The molecule has 4 heteroatoms. The summed E-state index contributed by atoms with van der Waals surface area (Å²) in [6.45, 7) is 2.07. The third kappa shape index (κ3) is 3.01. The molecular formula is C19H15FO3. The number of fused-ring (bicyclic) bond motifs is 1. The van der Waals surface area contributed by atoms with Crippen molar-refractivity contribution in [1.82, 2.24) is 0 Å². The van der Waals surface area contributed by atoms with Gasteiger partial charge < -0.3 is 9.47 Å². The first-order valence-electron chi connectivity index (χ1n) is 7.32. The minimum Gasteiger partial charge on any atom is -0.462 e. The zero-order chi connectivity index (χ0) is 16.2. The number of benzene rings is 3. The molecular weight excluding hydrogens is 295 g/mol. The van der Waals surface area contributed by atoms with Crippen molar-refractivity contribution in [2.75, 3.05) is 6.61 Å². The molecule has 3 aromatic rings. The second kappa shape index (κ2) is 6.48. The van der Waals surface area contributed by atoms with Crippen LogP contribution in [0.25, 0.3) is 10.8 Å². The van der Waals surface area contributed by atoms with Gasteiger partial charge in [0.2, 0.25) is 0 Å². The van der Waals surface area contributed by atoms with Crippen LogP contribution in [0.2, 0.25) is 0 Å². The van der Waals surface area contributed by atoms with Gasteiger partial charge in [0, 0.05) is 5.39 Å². The number of carbonyl (C=O) groups excluding carboxylic acids is 1. The van der Waals surface area contributed by atoms with Gasteiger partial charge in [0.25, 0.3) is 0 Å². The Morgan fingerprint density at radius 3 is 2.35 bits per heavy atom. The summed E-state index contributed by atoms with van der Waals surface area (Å²) in [5.41, 5.74) is 0.461. The van der Waals surface area contributed by atoms with Crippen LogP contribution in [-0.2, 0) is 4.74 Å². The molecule has 0 N–H and O–H groups in total. The first-order chi connectivity index (χ1) is 11.2. The van der Waals surface area contributed by atoms with E-state index in [1.807, 2.05) is 24.3 Å². The summed E-state index contributed by atoms with van der Waals surface area (Å²) in [6, 6.07) is 16.8. The number of carbonyl (C=O) groups is 1. The van der Waals surface area contributed by atoms with Crippen LogP contribution in [0.15, 0.2) is 60.7 Å². The molecule has 116 valence electrons. The number of esters is 1. The van der Waals surface area contributed by atoms with Crippen LogP contribution >= 0.6 is 0 Å². The van der Waals surface area contributed by atoms with E-state index < -0.39 is 5.82 Å². The van der Waals surface area contributed by atoms with Gasteiger partial charge in [-0.1, -0.05) is 36.4 Å². The first-order valence-corrected chi connectivity index (χ1v) is 7.32. The lowest BCUT2D eigenvalue weighted by molar-refractivity contribution is 0.0528. The second-order valence-electron chi connectivity index (χ2n) is 4.91. The summed E-state index contributed by atoms with van der Waals surface area (Å²) in [6.07, 6.45) is 0. The highest BCUT2D eigenvalue weighted by Crippen LogP contribution is 2.33. The Morgan fingerprint density at radius 2 is 1.61 bits per heavy atom. The summed E-state index contributed by atoms with van der Waals surface area (Å²) >= 11 is 0. The molecule has 0 heterocycles. The Bertz CT molecular complexity index is 858. The highest BCUT2D eigenvalue weighted by Gasteiger charge is 2.14. The van der Waals surface area contributed by atoms with Crippen LogP contribution in [0.4, 0.5) is 4.39 Å². The van der Waals surface area contributed by atoms with E-state index in [4.69, 9.17) is 9.47 Å². The largest absolute Gasteiger partial charge is 0.462 e. The normalized spacial score (nSPS) is 10.5. The number of para-hydroxylation sites is 1. The smallest absolute Gasteiger partial charge is 0.338 e. The molecule has 0 fully saturated rings. The number of hydrogen-bond donors (Lipinski definition) is 0. The lowest BCUT2D eigenvalue weighted by atomic mass is 10.0. The van der Waals surface area contributed by atoms with E-state index in [0.29, 0.717) is 23.3 Å². The minimum absolute atomic E-state index is 0.140. The molecule has 0 saturated carbocycles. The fraction of sp³-hybridized carbons (Fsp3) is 0.105. The van der Waals surface area contributed by atoms with Crippen LogP contribution in [0.3, 0.4) is 0 Å². The Morgan fingerprint density at radius 1 is 0.913 bits per heavy atom. The lowest BCUT2D eigenvalue weighted by Crippen LogP contribution is -2.05. The van der Waals surface area contributed by atoms with Crippen LogP contribution in [0.1, 0.15) is 17.3 Å². The van der Waals surface area contributed by atoms with Crippen molar-refractivity contribution in [2.45, 2.75) is 6.92 Å². The molecule has 0 aliphatic rings. The number of rotatable bonds is 4. The second-order valence-corrected chi connectivity index (χ2v) is 4.91. The third-order valence-corrected chi connectivity index (χ3v) is 3.44. The number of halogens is 1. The molecule has 3 aromatic carbocycles. The zero-order valence-corrected chi connectivity index (χ0v) is 12.6. The fourth-order valence-electron chi connectivity index (χ4n) is 2.39. The third-order valence-electron chi connectivity index (χ3n) is 3.44. The summed E-state index contributed by atoms with van der Waals surface area (Å²) in [4.78, 5) is 12.1. The molecule has 0 aliphatic carbocycles. The predicted octanol–water partition coefficient (Wildman–Crippen LogP) is 4.95. The van der Waals surface area contributed by atoms with Gasteiger partial charge >= 0.3 is 5.97 Å². The van der Waals surface area contributed by atoms with Crippen molar-refractivity contribution in [3.8, 4) is 11.5 Å². The standard InChI is InChI=1S/C19H15FO3/c1-2-22-19(21)15-11-12-17(14-8-4-3-7-13(14)15)23-18-10-6-5-9-16(18)20/h3-12H,2H2,1H3. The Labute approximate surface area is 133 Å². The van der Waals surface area contributed by atoms with Gasteiger partial charge in [0.15, 0.2) is 11.6 Å². The molecule has 3 rings (SSSR count). The molecule has 0 aromatic heterocycles. The van der Waals surface area contributed by atoms with E-state index in [9.17, 15) is 9.18 Å². The molecule has 0 saturated heterocycles. The van der Waals surface area contributed by atoms with E-state index in [0.717, 1.165) is 5.39 Å². The van der Waals surface area contributed by atoms with Crippen LogP contribution in [0.5, 0.6) is 11.5 Å². The first kappa shape index (κ1) is 15.0. The van der Waals surface area contributed by atoms with E-state index in [1.165, 1.54) is 6.07 Å². The highest BCUT2D eigenvalue weighted by molar-refractivity contribution is 6.06. The summed E-state index contributed by atoms with van der Waals surface area (Å²) < 4.78 is 24.5. The maximum absolute atomic E-state index is 13.8. The van der Waals surface area contributed by atoms with Crippen LogP contribution < -0.4 is 4.74 Å². The number of ether oxygens (including phenoxy) is 2. The Balaban J connectivity index is 2.08. The predicted molar refractivity (Wildman–Crippen MR) is 86.4 cm³/mol. The molecule has 0 aliphatic heterocycles. The van der Waals surface area contributed by atoms with E-state index in [2.05, 4.69) is 0 Å². The molecule has 0 unspecified atom stereocenters. The maximum Gasteiger partial charge on any atom is 0.338 e. The van der Waals surface area contributed by atoms with Crippen molar-refractivity contribution in [3.63, 3.8) is 0 Å². The van der Waals surface area contributed by atoms with Gasteiger partial charge in [-0.2, -0.15) is 0 Å². The molecule has 0 bridgehead atoms. The topological polar surface area (TPSA) is 35.5 Å². The van der Waals surface area contributed by atoms with Crippen molar-refractivity contribution in [2.24, 2.45) is 0 Å². The van der Waals surface area contributed by atoms with Gasteiger partial charge in [-0.3, -0.25) is 0 Å². The SMILES string of the molecule is CCOC(=O)c1ccc(Oc2ccccc2F)c2ccccc12. The molecule has 0 amide bonds. The van der Waals surface area contributed by atoms with E-state index >= 15 is 0 Å². The molecule has 0 atom stereocenters. The lowest BCUT2D eigenvalue weighted by Gasteiger charge is -2.12. The van der Waals surface area contributed by atoms with Crippen LogP contribution in [0, 0.1) is 5.82 Å². The van der Waals surface area contributed by atoms with Crippen molar-refractivity contribution >= 4 is 16.7 Å². The Hall–Kier alpha value is -2.88. The monoisotopic (exact) mass is 310 g/mol. The summed E-state index contributed by atoms with van der Waals surface area (Å²) in [5, 5.41) is 1.43. The Kier molecular flexibility index (Phi) is 4.24. The van der Waals surface area contributed by atoms with Crippen LogP contribution in [-0.4, -0.2) is 12.6 Å². The van der Waals surface area contributed by atoms with Crippen molar-refractivity contribution in [3.05, 3.63) is 72.0 Å². The molecule has 23 heavy (non-hydrogen) atoms.